The quantitative estimate of drug-likeness (QED) is 0.442. The number of ether oxygens (including phenoxy) is 1. The molecular formula is C23H19FO4S. The molecule has 0 unspecified atom stereocenters. The highest BCUT2D eigenvalue weighted by Crippen LogP contribution is 2.28. The van der Waals surface area contributed by atoms with E-state index in [2.05, 4.69) is 0 Å². The van der Waals surface area contributed by atoms with Gasteiger partial charge in [0, 0.05) is 0 Å². The van der Waals surface area contributed by atoms with Gasteiger partial charge in [0.15, 0.2) is 0 Å². The first kappa shape index (κ1) is 20.5. The molecule has 29 heavy (non-hydrogen) atoms. The zero-order valence-corrected chi connectivity index (χ0v) is 16.7. The average Bonchev–Trinajstić information content (AvgIpc) is 2.72. The van der Waals surface area contributed by atoms with Crippen molar-refractivity contribution in [1.29, 1.82) is 0 Å². The molecule has 0 atom stereocenters. The molecule has 0 fully saturated rings. The number of aryl methyl sites for hydroxylation is 1. The lowest BCUT2D eigenvalue weighted by atomic mass is 10.1. The molecule has 0 heterocycles. The van der Waals surface area contributed by atoms with Gasteiger partial charge in [-0.2, -0.15) is 0 Å². The van der Waals surface area contributed by atoms with Gasteiger partial charge in [-0.1, -0.05) is 48.6 Å². The first-order valence-corrected chi connectivity index (χ1v) is 10.3. The molecule has 0 bridgehead atoms. The van der Waals surface area contributed by atoms with Gasteiger partial charge in [0.25, 0.3) is 0 Å². The van der Waals surface area contributed by atoms with Crippen molar-refractivity contribution in [2.24, 2.45) is 0 Å². The van der Waals surface area contributed by atoms with Gasteiger partial charge in [-0.05, 0) is 53.9 Å². The Morgan fingerprint density at radius 2 is 1.45 bits per heavy atom. The van der Waals surface area contributed by atoms with Crippen LogP contribution in [0, 0.1) is 12.7 Å². The fraction of sp³-hybridized carbons (Fsp3) is 0.0870. The topological polar surface area (TPSA) is 60.4 Å². The summed E-state index contributed by atoms with van der Waals surface area (Å²) in [5.74, 6) is -1.01. The van der Waals surface area contributed by atoms with Gasteiger partial charge in [-0.15, -0.1) is 0 Å². The summed E-state index contributed by atoms with van der Waals surface area (Å²) in [6.45, 7) is 1.64. The molecule has 148 valence electrons. The summed E-state index contributed by atoms with van der Waals surface area (Å²) in [7, 11) is -2.70. The molecule has 0 aromatic heterocycles. The normalized spacial score (nSPS) is 11.6. The Morgan fingerprint density at radius 3 is 2.00 bits per heavy atom. The van der Waals surface area contributed by atoms with Gasteiger partial charge in [-0.25, -0.2) is 17.6 Å². The SMILES string of the molecule is COC(=O)c1cccc(C)c1S(=O)(=O)c1ccc(/C=C/c2ccc(F)cc2)cc1. The Kier molecular flexibility index (Phi) is 5.94. The lowest BCUT2D eigenvalue weighted by molar-refractivity contribution is 0.0596. The van der Waals surface area contributed by atoms with Gasteiger partial charge in [0.05, 0.1) is 22.5 Å². The molecule has 0 radical (unpaired) electrons. The summed E-state index contributed by atoms with van der Waals surface area (Å²) in [5, 5.41) is 0. The van der Waals surface area contributed by atoms with Crippen LogP contribution in [0.3, 0.4) is 0 Å². The fourth-order valence-corrected chi connectivity index (χ4v) is 4.59. The molecule has 3 aromatic rings. The maximum Gasteiger partial charge on any atom is 0.339 e. The van der Waals surface area contributed by atoms with E-state index in [0.717, 1.165) is 11.1 Å². The van der Waals surface area contributed by atoms with Crippen LogP contribution in [0.15, 0.2) is 76.5 Å². The summed E-state index contributed by atoms with van der Waals surface area (Å²) >= 11 is 0. The zero-order valence-electron chi connectivity index (χ0n) is 15.9. The van der Waals surface area contributed by atoms with Gasteiger partial charge in [-0.3, -0.25) is 0 Å². The largest absolute Gasteiger partial charge is 0.465 e. The first-order chi connectivity index (χ1) is 13.8. The predicted molar refractivity (Wildman–Crippen MR) is 110 cm³/mol. The van der Waals surface area contributed by atoms with Crippen LogP contribution in [0.5, 0.6) is 0 Å². The van der Waals surface area contributed by atoms with Crippen LogP contribution in [0.2, 0.25) is 0 Å². The second-order valence-corrected chi connectivity index (χ2v) is 8.29. The van der Waals surface area contributed by atoms with E-state index in [4.69, 9.17) is 4.74 Å². The highest BCUT2D eigenvalue weighted by atomic mass is 32.2. The number of hydrogen-bond donors (Lipinski definition) is 0. The zero-order chi connectivity index (χ0) is 21.0. The van der Waals surface area contributed by atoms with Crippen molar-refractivity contribution in [3.05, 3.63) is 94.8 Å². The molecule has 0 aliphatic heterocycles. The number of esters is 1. The maximum atomic E-state index is 13.2. The monoisotopic (exact) mass is 410 g/mol. The van der Waals surface area contributed by atoms with Gasteiger partial charge in [0.2, 0.25) is 9.84 Å². The Morgan fingerprint density at radius 1 is 0.897 bits per heavy atom. The van der Waals surface area contributed by atoms with Crippen molar-refractivity contribution in [3.8, 4) is 0 Å². The molecule has 3 aromatic carbocycles. The molecule has 3 rings (SSSR count). The van der Waals surface area contributed by atoms with Crippen LogP contribution in [-0.4, -0.2) is 21.5 Å². The maximum absolute atomic E-state index is 13.2. The Bertz CT molecular complexity index is 1160. The molecule has 6 heteroatoms. The van der Waals surface area contributed by atoms with E-state index in [9.17, 15) is 17.6 Å². The molecule has 0 saturated heterocycles. The average molecular weight is 410 g/mol. The molecular weight excluding hydrogens is 391 g/mol. The van der Waals surface area contributed by atoms with Crippen molar-refractivity contribution < 1.29 is 22.3 Å². The lowest BCUT2D eigenvalue weighted by Gasteiger charge is -2.12. The molecule has 0 spiro atoms. The minimum Gasteiger partial charge on any atom is -0.465 e. The number of carbonyl (C=O) groups is 1. The highest BCUT2D eigenvalue weighted by molar-refractivity contribution is 7.91. The van der Waals surface area contributed by atoms with E-state index < -0.39 is 15.8 Å². The summed E-state index contributed by atoms with van der Waals surface area (Å²) in [5.41, 5.74) is 2.08. The van der Waals surface area contributed by atoms with Crippen LogP contribution in [-0.2, 0) is 14.6 Å². The van der Waals surface area contributed by atoms with Crippen molar-refractivity contribution in [1.82, 2.24) is 0 Å². The Labute approximate surface area is 169 Å². The summed E-state index contributed by atoms with van der Waals surface area (Å²) in [4.78, 5) is 12.1. The van der Waals surface area contributed by atoms with Crippen molar-refractivity contribution >= 4 is 28.0 Å². The molecule has 0 N–H and O–H groups in total. The van der Waals surface area contributed by atoms with Gasteiger partial charge in [0.1, 0.15) is 5.82 Å². The summed E-state index contributed by atoms with van der Waals surface area (Å²) in [6, 6.07) is 17.1. The number of hydrogen-bond acceptors (Lipinski definition) is 4. The lowest BCUT2D eigenvalue weighted by Crippen LogP contribution is -2.13. The van der Waals surface area contributed by atoms with Gasteiger partial charge >= 0.3 is 5.97 Å². The molecule has 0 saturated carbocycles. The van der Waals surface area contributed by atoms with E-state index in [1.807, 2.05) is 0 Å². The Balaban J connectivity index is 1.93. The summed E-state index contributed by atoms with van der Waals surface area (Å²) < 4.78 is 44.0. The minimum absolute atomic E-state index is 0.00721. The number of carbonyl (C=O) groups excluding carboxylic acids is 1. The highest BCUT2D eigenvalue weighted by Gasteiger charge is 2.26. The van der Waals surface area contributed by atoms with E-state index in [0.29, 0.717) is 5.56 Å². The third-order valence-electron chi connectivity index (χ3n) is 4.41. The molecule has 0 aliphatic rings. The van der Waals surface area contributed by atoms with Crippen molar-refractivity contribution in [3.63, 3.8) is 0 Å². The van der Waals surface area contributed by atoms with Crippen molar-refractivity contribution in [2.45, 2.75) is 16.7 Å². The third kappa shape index (κ3) is 4.43. The molecule has 0 amide bonds. The van der Waals surface area contributed by atoms with Crippen LogP contribution >= 0.6 is 0 Å². The number of sulfone groups is 1. The standard InChI is InChI=1S/C23H19FO4S/c1-16-4-3-5-21(23(25)28-2)22(16)29(26,27)20-14-10-18(11-15-20)7-6-17-8-12-19(24)13-9-17/h3-15H,1-2H3/b7-6+. The second-order valence-electron chi connectivity index (χ2n) is 6.40. The Hall–Kier alpha value is -3.25. The van der Waals surface area contributed by atoms with Crippen molar-refractivity contribution in [2.75, 3.05) is 7.11 Å². The third-order valence-corrected chi connectivity index (χ3v) is 6.39. The number of halogens is 1. The van der Waals surface area contributed by atoms with Crippen LogP contribution in [0.4, 0.5) is 4.39 Å². The molecule has 4 nitrogen and oxygen atoms in total. The van der Waals surface area contributed by atoms with E-state index >= 15 is 0 Å². The minimum atomic E-state index is -3.91. The van der Waals surface area contributed by atoms with Gasteiger partial charge < -0.3 is 4.74 Å². The van der Waals surface area contributed by atoms with E-state index in [1.165, 1.54) is 37.4 Å². The number of methoxy groups -OCH3 is 1. The number of benzene rings is 3. The van der Waals surface area contributed by atoms with E-state index in [-0.39, 0.29) is 21.2 Å². The van der Waals surface area contributed by atoms with E-state index in [1.54, 1.807) is 55.5 Å². The smallest absolute Gasteiger partial charge is 0.339 e. The predicted octanol–water partition coefficient (Wildman–Crippen LogP) is 4.92. The fourth-order valence-electron chi connectivity index (χ4n) is 2.92. The first-order valence-electron chi connectivity index (χ1n) is 8.79. The van der Waals surface area contributed by atoms with Crippen LogP contribution < -0.4 is 0 Å². The summed E-state index contributed by atoms with van der Waals surface area (Å²) in [6.07, 6.45) is 3.61. The second kappa shape index (κ2) is 8.41. The van der Waals surface area contributed by atoms with Crippen LogP contribution in [0.1, 0.15) is 27.0 Å². The number of rotatable bonds is 5. The molecule has 0 aliphatic carbocycles. The van der Waals surface area contributed by atoms with Crippen LogP contribution in [0.25, 0.3) is 12.2 Å².